The smallest absolute Gasteiger partial charge is 0.0601 e. The highest BCUT2D eigenvalue weighted by Gasteiger charge is 2.18. The zero-order valence-electron chi connectivity index (χ0n) is 9.62. The Balaban J connectivity index is 3.13. The molecular formula is C12H20N2O. The van der Waals surface area contributed by atoms with E-state index in [0.29, 0.717) is 0 Å². The highest BCUT2D eigenvalue weighted by atomic mass is 16.3. The van der Waals surface area contributed by atoms with Crippen LogP contribution in [0.1, 0.15) is 28.3 Å². The molecule has 0 aromatic heterocycles. The van der Waals surface area contributed by atoms with E-state index in [1.165, 1.54) is 5.56 Å². The summed E-state index contributed by atoms with van der Waals surface area (Å²) >= 11 is 0. The lowest BCUT2D eigenvalue weighted by atomic mass is 9.91. The maximum absolute atomic E-state index is 9.00. The molecule has 0 aliphatic heterocycles. The van der Waals surface area contributed by atoms with Crippen molar-refractivity contribution in [1.29, 1.82) is 0 Å². The van der Waals surface area contributed by atoms with E-state index in [1.54, 1.807) is 0 Å². The maximum atomic E-state index is 9.00. The van der Waals surface area contributed by atoms with Crippen molar-refractivity contribution in [3.05, 3.63) is 34.4 Å². The van der Waals surface area contributed by atoms with Gasteiger partial charge in [-0.25, -0.2) is 0 Å². The van der Waals surface area contributed by atoms with Gasteiger partial charge in [0.2, 0.25) is 0 Å². The fourth-order valence-corrected chi connectivity index (χ4v) is 2.04. The van der Waals surface area contributed by atoms with Crippen molar-refractivity contribution in [2.24, 2.45) is 11.5 Å². The summed E-state index contributed by atoms with van der Waals surface area (Å²) < 4.78 is 0. The lowest BCUT2D eigenvalue weighted by Crippen LogP contribution is -2.37. The zero-order valence-corrected chi connectivity index (χ0v) is 9.62. The van der Waals surface area contributed by atoms with Gasteiger partial charge >= 0.3 is 0 Å². The maximum Gasteiger partial charge on any atom is 0.0601 e. The van der Waals surface area contributed by atoms with Gasteiger partial charge in [-0.2, -0.15) is 0 Å². The van der Waals surface area contributed by atoms with Gasteiger partial charge in [-0.3, -0.25) is 0 Å². The molecule has 3 nitrogen and oxygen atoms in total. The van der Waals surface area contributed by atoms with Crippen LogP contribution in [0.25, 0.3) is 0 Å². The van der Waals surface area contributed by atoms with Crippen molar-refractivity contribution in [3.63, 3.8) is 0 Å². The number of hydrogen-bond donors (Lipinski definition) is 3. The van der Waals surface area contributed by atoms with Crippen molar-refractivity contribution in [2.45, 2.75) is 32.9 Å². The van der Waals surface area contributed by atoms with E-state index >= 15 is 0 Å². The highest BCUT2D eigenvalue weighted by molar-refractivity contribution is 5.40. The van der Waals surface area contributed by atoms with Crippen LogP contribution in [0.2, 0.25) is 0 Å². The van der Waals surface area contributed by atoms with Crippen LogP contribution in [-0.4, -0.2) is 17.8 Å². The van der Waals surface area contributed by atoms with Gasteiger partial charge in [-0.05, 0) is 37.5 Å². The van der Waals surface area contributed by atoms with Crippen molar-refractivity contribution < 1.29 is 5.11 Å². The number of aliphatic hydroxyl groups is 1. The van der Waals surface area contributed by atoms with Crippen LogP contribution in [0, 0.1) is 20.8 Å². The van der Waals surface area contributed by atoms with Gasteiger partial charge in [0.25, 0.3) is 0 Å². The Hall–Kier alpha value is -0.900. The predicted molar refractivity (Wildman–Crippen MR) is 62.6 cm³/mol. The first-order valence-corrected chi connectivity index (χ1v) is 5.17. The molecule has 0 saturated heterocycles. The van der Waals surface area contributed by atoms with E-state index < -0.39 is 6.04 Å². The summed E-state index contributed by atoms with van der Waals surface area (Å²) in [5.41, 5.74) is 16.3. The largest absolute Gasteiger partial charge is 0.395 e. The molecule has 0 amide bonds. The Morgan fingerprint density at radius 3 is 2.00 bits per heavy atom. The summed E-state index contributed by atoms with van der Waals surface area (Å²) in [6.45, 7) is 6.02. The molecule has 0 radical (unpaired) electrons. The number of aliphatic hydroxyl groups excluding tert-OH is 1. The number of benzene rings is 1. The van der Waals surface area contributed by atoms with Gasteiger partial charge in [0.1, 0.15) is 0 Å². The molecule has 3 heteroatoms. The monoisotopic (exact) mass is 208 g/mol. The fraction of sp³-hybridized carbons (Fsp3) is 0.500. The van der Waals surface area contributed by atoms with Crippen LogP contribution in [0.3, 0.4) is 0 Å². The second-order valence-electron chi connectivity index (χ2n) is 4.18. The number of nitrogens with two attached hydrogens (primary N) is 2. The third-order valence-electron chi connectivity index (χ3n) is 2.74. The Morgan fingerprint density at radius 1 is 1.13 bits per heavy atom. The average molecular weight is 208 g/mol. The molecule has 5 N–H and O–H groups in total. The molecule has 0 fully saturated rings. The first-order valence-electron chi connectivity index (χ1n) is 5.17. The van der Waals surface area contributed by atoms with Gasteiger partial charge in [-0.15, -0.1) is 0 Å². The van der Waals surface area contributed by atoms with Crippen LogP contribution in [0.5, 0.6) is 0 Å². The Bertz CT molecular complexity index is 326. The van der Waals surface area contributed by atoms with Gasteiger partial charge in [0.05, 0.1) is 6.61 Å². The van der Waals surface area contributed by atoms with Crippen LogP contribution in [-0.2, 0) is 0 Å². The van der Waals surface area contributed by atoms with E-state index in [2.05, 4.69) is 19.1 Å². The molecule has 2 atom stereocenters. The van der Waals surface area contributed by atoms with E-state index in [-0.39, 0.29) is 12.6 Å². The molecule has 0 bridgehead atoms. The SMILES string of the molecule is Cc1cc(C)c(C(N)C(N)CO)c(C)c1. The summed E-state index contributed by atoms with van der Waals surface area (Å²) in [6, 6.07) is 3.49. The second kappa shape index (κ2) is 4.75. The van der Waals surface area contributed by atoms with E-state index in [0.717, 1.165) is 16.7 Å². The molecule has 1 aromatic carbocycles. The summed E-state index contributed by atoms with van der Waals surface area (Å²) in [6.07, 6.45) is 0. The minimum absolute atomic E-state index is 0.0894. The summed E-state index contributed by atoms with van der Waals surface area (Å²) in [5, 5.41) is 9.00. The third kappa shape index (κ3) is 2.56. The van der Waals surface area contributed by atoms with Gasteiger partial charge in [-0.1, -0.05) is 17.7 Å². The minimum atomic E-state index is -0.398. The Morgan fingerprint density at radius 2 is 1.60 bits per heavy atom. The van der Waals surface area contributed by atoms with Crippen LogP contribution >= 0.6 is 0 Å². The van der Waals surface area contributed by atoms with Crippen molar-refractivity contribution >= 4 is 0 Å². The second-order valence-corrected chi connectivity index (χ2v) is 4.18. The molecule has 15 heavy (non-hydrogen) atoms. The normalized spacial score (nSPS) is 15.1. The van der Waals surface area contributed by atoms with E-state index in [9.17, 15) is 0 Å². The Kier molecular flexibility index (Phi) is 3.85. The standard InChI is InChI=1S/C12H20N2O/c1-7-4-8(2)11(9(3)5-7)12(14)10(13)6-15/h4-5,10,12,15H,6,13-14H2,1-3H3. The predicted octanol–water partition coefficient (Wildman–Crippen LogP) is 0.931. The molecule has 0 aliphatic carbocycles. The minimum Gasteiger partial charge on any atom is -0.395 e. The first kappa shape index (κ1) is 12.2. The third-order valence-corrected chi connectivity index (χ3v) is 2.74. The van der Waals surface area contributed by atoms with Crippen molar-refractivity contribution in [1.82, 2.24) is 0 Å². The molecule has 0 aliphatic rings. The Labute approximate surface area is 91.1 Å². The van der Waals surface area contributed by atoms with Crippen molar-refractivity contribution in [2.75, 3.05) is 6.61 Å². The molecule has 0 spiro atoms. The zero-order chi connectivity index (χ0) is 11.6. The van der Waals surface area contributed by atoms with Crippen molar-refractivity contribution in [3.8, 4) is 0 Å². The van der Waals surface area contributed by atoms with Crippen LogP contribution in [0.4, 0.5) is 0 Å². The molecule has 1 rings (SSSR count). The fourth-order valence-electron chi connectivity index (χ4n) is 2.04. The van der Waals surface area contributed by atoms with E-state index in [1.807, 2.05) is 13.8 Å². The van der Waals surface area contributed by atoms with Crippen LogP contribution < -0.4 is 11.5 Å². The van der Waals surface area contributed by atoms with Gasteiger partial charge in [0.15, 0.2) is 0 Å². The molecule has 0 heterocycles. The molecule has 2 unspecified atom stereocenters. The summed E-state index contributed by atoms with van der Waals surface area (Å²) in [5.74, 6) is 0. The summed E-state index contributed by atoms with van der Waals surface area (Å²) in [4.78, 5) is 0. The first-order chi connectivity index (χ1) is 6.97. The van der Waals surface area contributed by atoms with Gasteiger partial charge < -0.3 is 16.6 Å². The van der Waals surface area contributed by atoms with Gasteiger partial charge in [0, 0.05) is 12.1 Å². The lowest BCUT2D eigenvalue weighted by molar-refractivity contribution is 0.249. The molecule has 84 valence electrons. The quantitative estimate of drug-likeness (QED) is 0.692. The molecule has 0 saturated carbocycles. The lowest BCUT2D eigenvalue weighted by Gasteiger charge is -2.22. The number of rotatable bonds is 3. The molecular weight excluding hydrogens is 188 g/mol. The molecule has 1 aromatic rings. The number of aryl methyl sites for hydroxylation is 3. The summed E-state index contributed by atoms with van der Waals surface area (Å²) in [7, 11) is 0. The topological polar surface area (TPSA) is 72.3 Å². The highest BCUT2D eigenvalue weighted by Crippen LogP contribution is 2.23. The van der Waals surface area contributed by atoms with E-state index in [4.69, 9.17) is 16.6 Å². The van der Waals surface area contributed by atoms with Crippen LogP contribution in [0.15, 0.2) is 12.1 Å². The average Bonchev–Trinajstić information content (AvgIpc) is 2.14. The number of hydrogen-bond acceptors (Lipinski definition) is 3.